The van der Waals surface area contributed by atoms with Crippen LogP contribution in [0.3, 0.4) is 0 Å². The highest BCUT2D eigenvalue weighted by molar-refractivity contribution is 7.89. The predicted octanol–water partition coefficient (Wildman–Crippen LogP) is 0.777. The standard InChI is InChI=1S/C11H18N2O3S/c1-11(2,14)8-13-9-6-4-5-7-10(9)17(15,16)12-3/h4-7,12-14H,8H2,1-3H3. The molecule has 0 saturated heterocycles. The normalized spacial score (nSPS) is 12.5. The highest BCUT2D eigenvalue weighted by Crippen LogP contribution is 2.20. The number of rotatable bonds is 5. The summed E-state index contributed by atoms with van der Waals surface area (Å²) in [6.07, 6.45) is 0. The third kappa shape index (κ3) is 3.99. The van der Waals surface area contributed by atoms with Gasteiger partial charge in [0.15, 0.2) is 0 Å². The quantitative estimate of drug-likeness (QED) is 0.729. The van der Waals surface area contributed by atoms with E-state index < -0.39 is 15.6 Å². The van der Waals surface area contributed by atoms with E-state index in [0.29, 0.717) is 5.69 Å². The highest BCUT2D eigenvalue weighted by atomic mass is 32.2. The van der Waals surface area contributed by atoms with E-state index in [1.54, 1.807) is 32.0 Å². The van der Waals surface area contributed by atoms with Gasteiger partial charge in [0.1, 0.15) is 4.90 Å². The molecular formula is C11H18N2O3S. The zero-order valence-corrected chi connectivity index (χ0v) is 11.0. The predicted molar refractivity (Wildman–Crippen MR) is 67.5 cm³/mol. The van der Waals surface area contributed by atoms with E-state index in [0.717, 1.165) is 0 Å². The van der Waals surface area contributed by atoms with Gasteiger partial charge in [-0.2, -0.15) is 0 Å². The topological polar surface area (TPSA) is 78.4 Å². The average molecular weight is 258 g/mol. The first-order valence-corrected chi connectivity index (χ1v) is 6.73. The molecule has 0 saturated carbocycles. The molecule has 0 radical (unpaired) electrons. The molecule has 17 heavy (non-hydrogen) atoms. The maximum Gasteiger partial charge on any atom is 0.242 e. The summed E-state index contributed by atoms with van der Waals surface area (Å²) in [5.74, 6) is 0. The lowest BCUT2D eigenvalue weighted by atomic mass is 10.1. The van der Waals surface area contributed by atoms with Crippen LogP contribution in [0.4, 0.5) is 5.69 Å². The first-order chi connectivity index (χ1) is 7.76. The second kappa shape index (κ2) is 5.03. The molecule has 0 aliphatic rings. The van der Waals surface area contributed by atoms with Gasteiger partial charge in [-0.1, -0.05) is 12.1 Å². The van der Waals surface area contributed by atoms with Gasteiger partial charge in [-0.15, -0.1) is 0 Å². The summed E-state index contributed by atoms with van der Waals surface area (Å²) in [7, 11) is -2.13. The number of aliphatic hydroxyl groups is 1. The van der Waals surface area contributed by atoms with Gasteiger partial charge >= 0.3 is 0 Å². The monoisotopic (exact) mass is 258 g/mol. The number of anilines is 1. The second-order valence-corrected chi connectivity index (χ2v) is 6.22. The molecule has 0 aromatic heterocycles. The van der Waals surface area contributed by atoms with Gasteiger partial charge in [-0.05, 0) is 33.0 Å². The van der Waals surface area contributed by atoms with Crippen LogP contribution in [0.25, 0.3) is 0 Å². The largest absolute Gasteiger partial charge is 0.389 e. The van der Waals surface area contributed by atoms with E-state index in [2.05, 4.69) is 10.0 Å². The number of nitrogens with one attached hydrogen (secondary N) is 2. The molecule has 0 spiro atoms. The lowest BCUT2D eigenvalue weighted by Crippen LogP contribution is -2.30. The van der Waals surface area contributed by atoms with Gasteiger partial charge in [-0.25, -0.2) is 13.1 Å². The Bertz CT molecular complexity index is 478. The summed E-state index contributed by atoms with van der Waals surface area (Å²) in [4.78, 5) is 0.173. The molecule has 0 amide bonds. The number of hydrogen-bond donors (Lipinski definition) is 3. The summed E-state index contributed by atoms with van der Waals surface area (Å²) >= 11 is 0. The molecule has 1 aromatic carbocycles. The molecule has 96 valence electrons. The Morgan fingerprint density at radius 3 is 2.41 bits per heavy atom. The van der Waals surface area contributed by atoms with Crippen LogP contribution in [0.1, 0.15) is 13.8 Å². The van der Waals surface area contributed by atoms with Crippen LogP contribution >= 0.6 is 0 Å². The summed E-state index contributed by atoms with van der Waals surface area (Å²) in [6, 6.07) is 6.56. The first-order valence-electron chi connectivity index (χ1n) is 5.25. The zero-order valence-electron chi connectivity index (χ0n) is 10.2. The first kappa shape index (κ1) is 14.0. The van der Waals surface area contributed by atoms with Crippen molar-refractivity contribution in [2.24, 2.45) is 0 Å². The van der Waals surface area contributed by atoms with Crippen molar-refractivity contribution in [2.45, 2.75) is 24.3 Å². The van der Waals surface area contributed by atoms with Crippen molar-refractivity contribution in [2.75, 3.05) is 18.9 Å². The van der Waals surface area contributed by atoms with E-state index >= 15 is 0 Å². The van der Waals surface area contributed by atoms with Crippen LogP contribution in [0.15, 0.2) is 29.2 Å². The van der Waals surface area contributed by atoms with Gasteiger partial charge in [0.25, 0.3) is 0 Å². The van der Waals surface area contributed by atoms with Gasteiger partial charge in [-0.3, -0.25) is 0 Å². The Kier molecular flexibility index (Phi) is 4.13. The Labute approximate surface area is 102 Å². The van der Waals surface area contributed by atoms with Crippen LogP contribution < -0.4 is 10.0 Å². The average Bonchev–Trinajstić information content (AvgIpc) is 2.26. The molecule has 6 heteroatoms. The van der Waals surface area contributed by atoms with E-state index in [1.807, 2.05) is 0 Å². The molecule has 0 fully saturated rings. The van der Waals surface area contributed by atoms with Gasteiger partial charge in [0, 0.05) is 6.54 Å². The van der Waals surface area contributed by atoms with Crippen molar-refractivity contribution in [3.8, 4) is 0 Å². The summed E-state index contributed by atoms with van der Waals surface area (Å²) < 4.78 is 25.7. The molecule has 1 aromatic rings. The molecule has 5 nitrogen and oxygen atoms in total. The number of benzene rings is 1. The summed E-state index contributed by atoms with van der Waals surface area (Å²) in [6.45, 7) is 3.56. The van der Waals surface area contributed by atoms with Crippen LogP contribution in [0.5, 0.6) is 0 Å². The molecule has 0 heterocycles. The SMILES string of the molecule is CNS(=O)(=O)c1ccccc1NCC(C)(C)O. The minimum Gasteiger partial charge on any atom is -0.389 e. The number of sulfonamides is 1. The Hall–Kier alpha value is -1.11. The minimum atomic E-state index is -3.49. The lowest BCUT2D eigenvalue weighted by Gasteiger charge is -2.20. The van der Waals surface area contributed by atoms with Crippen molar-refractivity contribution in [1.29, 1.82) is 0 Å². The van der Waals surface area contributed by atoms with Gasteiger partial charge in [0.2, 0.25) is 10.0 Å². The minimum absolute atomic E-state index is 0.173. The highest BCUT2D eigenvalue weighted by Gasteiger charge is 2.18. The van der Waals surface area contributed by atoms with E-state index in [4.69, 9.17) is 0 Å². The van der Waals surface area contributed by atoms with Crippen LogP contribution in [0.2, 0.25) is 0 Å². The molecule has 0 atom stereocenters. The number of hydrogen-bond acceptors (Lipinski definition) is 4. The maximum absolute atomic E-state index is 11.7. The fourth-order valence-corrected chi connectivity index (χ4v) is 2.18. The fraction of sp³-hybridized carbons (Fsp3) is 0.455. The molecule has 0 unspecified atom stereocenters. The van der Waals surface area contributed by atoms with Crippen molar-refractivity contribution in [3.05, 3.63) is 24.3 Å². The zero-order chi connectivity index (χ0) is 13.1. The molecule has 0 aliphatic carbocycles. The van der Waals surface area contributed by atoms with Crippen molar-refractivity contribution in [1.82, 2.24) is 4.72 Å². The van der Waals surface area contributed by atoms with Crippen LogP contribution in [0, 0.1) is 0 Å². The van der Waals surface area contributed by atoms with Gasteiger partial charge in [0.05, 0.1) is 11.3 Å². The van der Waals surface area contributed by atoms with E-state index in [1.165, 1.54) is 13.1 Å². The van der Waals surface area contributed by atoms with Crippen molar-refractivity contribution < 1.29 is 13.5 Å². The second-order valence-electron chi connectivity index (χ2n) is 4.37. The van der Waals surface area contributed by atoms with Crippen molar-refractivity contribution in [3.63, 3.8) is 0 Å². The summed E-state index contributed by atoms with van der Waals surface area (Å²) in [5.41, 5.74) is -0.430. The molecular weight excluding hydrogens is 240 g/mol. The van der Waals surface area contributed by atoms with Crippen molar-refractivity contribution >= 4 is 15.7 Å². The van der Waals surface area contributed by atoms with E-state index in [-0.39, 0.29) is 11.4 Å². The maximum atomic E-state index is 11.7. The third-order valence-electron chi connectivity index (χ3n) is 2.16. The Morgan fingerprint density at radius 1 is 1.29 bits per heavy atom. The molecule has 0 bridgehead atoms. The Balaban J connectivity index is 3.02. The lowest BCUT2D eigenvalue weighted by molar-refractivity contribution is 0.0944. The molecule has 3 N–H and O–H groups in total. The van der Waals surface area contributed by atoms with Crippen LogP contribution in [-0.4, -0.2) is 32.7 Å². The summed E-state index contributed by atoms with van der Waals surface area (Å²) in [5, 5.41) is 12.5. The third-order valence-corrected chi connectivity index (χ3v) is 3.63. The van der Waals surface area contributed by atoms with Crippen LogP contribution in [-0.2, 0) is 10.0 Å². The van der Waals surface area contributed by atoms with E-state index in [9.17, 15) is 13.5 Å². The Morgan fingerprint density at radius 2 is 1.88 bits per heavy atom. The molecule has 1 rings (SSSR count). The fourth-order valence-electron chi connectivity index (χ4n) is 1.27. The molecule has 0 aliphatic heterocycles. The number of para-hydroxylation sites is 1. The van der Waals surface area contributed by atoms with Gasteiger partial charge < -0.3 is 10.4 Å². The smallest absolute Gasteiger partial charge is 0.242 e.